The molecule has 3 N–H and O–H groups in total. The van der Waals surface area contributed by atoms with Crippen LogP contribution in [0.5, 0.6) is 0 Å². The Kier molecular flexibility index (Phi) is 3.87. The second kappa shape index (κ2) is 5.97. The van der Waals surface area contributed by atoms with E-state index in [2.05, 4.69) is 14.8 Å². The Morgan fingerprint density at radius 3 is 2.76 bits per heavy atom. The van der Waals surface area contributed by atoms with Crippen LogP contribution < -0.4 is 11.1 Å². The molecule has 108 valence electrons. The normalized spacial score (nSPS) is 10.7. The van der Waals surface area contributed by atoms with Crippen LogP contribution in [0.1, 0.15) is 5.69 Å². The van der Waals surface area contributed by atoms with Gasteiger partial charge in [-0.05, 0) is 23.2 Å². The molecule has 0 aliphatic rings. The van der Waals surface area contributed by atoms with Crippen LogP contribution in [0.25, 0.3) is 11.1 Å². The highest BCUT2D eigenvalue weighted by molar-refractivity contribution is 7.11. The van der Waals surface area contributed by atoms with Crippen LogP contribution in [0.3, 0.4) is 0 Å². The van der Waals surface area contributed by atoms with Gasteiger partial charge in [-0.25, -0.2) is 0 Å². The Morgan fingerprint density at radius 1 is 1.24 bits per heavy atom. The van der Waals surface area contributed by atoms with E-state index in [1.165, 1.54) is 17.2 Å². The molecule has 6 heteroatoms. The zero-order chi connectivity index (χ0) is 14.7. The van der Waals surface area contributed by atoms with Gasteiger partial charge in [0.2, 0.25) is 0 Å². The second-order valence-electron chi connectivity index (χ2n) is 4.76. The third kappa shape index (κ3) is 2.90. The SMILES string of the molecule is Cn1nccc1CCNc1snc(N)c1-c1ccccc1. The van der Waals surface area contributed by atoms with E-state index in [9.17, 15) is 0 Å². The number of nitrogens with zero attached hydrogens (tertiary/aromatic N) is 3. The number of anilines is 2. The fourth-order valence-corrected chi connectivity index (χ4v) is 3.02. The van der Waals surface area contributed by atoms with Crippen LogP contribution in [0, 0.1) is 0 Å². The maximum Gasteiger partial charge on any atom is 0.147 e. The van der Waals surface area contributed by atoms with E-state index in [0.29, 0.717) is 5.82 Å². The number of hydrogen-bond donors (Lipinski definition) is 2. The van der Waals surface area contributed by atoms with Crippen LogP contribution in [0.2, 0.25) is 0 Å². The standard InChI is InChI=1S/C15H17N5S/c1-20-12(8-10-18-20)7-9-17-15-13(14(16)19-21-15)11-5-3-2-4-6-11/h2-6,8,10,17H,7,9H2,1H3,(H2,16,19). The first-order valence-electron chi connectivity index (χ1n) is 6.77. The zero-order valence-electron chi connectivity index (χ0n) is 11.8. The number of nitrogens with two attached hydrogens (primary N) is 1. The lowest BCUT2D eigenvalue weighted by molar-refractivity contribution is 0.711. The smallest absolute Gasteiger partial charge is 0.147 e. The predicted molar refractivity (Wildman–Crippen MR) is 87.4 cm³/mol. The van der Waals surface area contributed by atoms with Gasteiger partial charge in [0.15, 0.2) is 0 Å². The molecule has 3 rings (SSSR count). The highest BCUT2D eigenvalue weighted by atomic mass is 32.1. The molecule has 0 bridgehead atoms. The predicted octanol–water partition coefficient (Wildman–Crippen LogP) is 2.78. The van der Waals surface area contributed by atoms with E-state index in [-0.39, 0.29) is 0 Å². The van der Waals surface area contributed by atoms with Crippen LogP contribution in [-0.4, -0.2) is 20.7 Å². The summed E-state index contributed by atoms with van der Waals surface area (Å²) < 4.78 is 6.16. The molecule has 1 aromatic carbocycles. The van der Waals surface area contributed by atoms with Gasteiger partial charge in [-0.1, -0.05) is 30.3 Å². The molecule has 0 radical (unpaired) electrons. The molecule has 0 saturated carbocycles. The molecule has 0 aliphatic heterocycles. The Labute approximate surface area is 127 Å². The molecule has 21 heavy (non-hydrogen) atoms. The molecule has 0 atom stereocenters. The number of hydrogen-bond acceptors (Lipinski definition) is 5. The minimum atomic E-state index is 0.578. The maximum absolute atomic E-state index is 6.01. The fraction of sp³-hybridized carbons (Fsp3) is 0.200. The lowest BCUT2D eigenvalue weighted by Gasteiger charge is -2.07. The number of nitrogen functional groups attached to an aromatic ring is 1. The Balaban J connectivity index is 1.73. The van der Waals surface area contributed by atoms with Gasteiger partial charge in [0.1, 0.15) is 10.8 Å². The summed E-state index contributed by atoms with van der Waals surface area (Å²) in [6.07, 6.45) is 2.72. The van der Waals surface area contributed by atoms with Crippen LogP contribution in [0.4, 0.5) is 10.8 Å². The molecule has 0 saturated heterocycles. The number of aryl methyl sites for hydroxylation is 1. The van der Waals surface area contributed by atoms with Crippen molar-refractivity contribution in [1.29, 1.82) is 0 Å². The van der Waals surface area contributed by atoms with Gasteiger partial charge in [-0.3, -0.25) is 4.68 Å². The van der Waals surface area contributed by atoms with Crippen LogP contribution in [0.15, 0.2) is 42.6 Å². The van der Waals surface area contributed by atoms with Crippen LogP contribution >= 0.6 is 11.5 Å². The average Bonchev–Trinajstić information content (AvgIpc) is 3.07. The summed E-state index contributed by atoms with van der Waals surface area (Å²) in [6.45, 7) is 0.820. The maximum atomic E-state index is 6.01. The molecule has 0 amide bonds. The lowest BCUT2D eigenvalue weighted by Crippen LogP contribution is -2.08. The van der Waals surface area contributed by atoms with Gasteiger partial charge in [0.05, 0.1) is 5.56 Å². The Morgan fingerprint density at radius 2 is 2.05 bits per heavy atom. The van der Waals surface area contributed by atoms with E-state index >= 15 is 0 Å². The van der Waals surface area contributed by atoms with Crippen molar-refractivity contribution >= 4 is 22.4 Å². The van der Waals surface area contributed by atoms with Gasteiger partial charge in [0, 0.05) is 31.9 Å². The van der Waals surface area contributed by atoms with Crippen molar-refractivity contribution < 1.29 is 0 Å². The summed E-state index contributed by atoms with van der Waals surface area (Å²) in [5.74, 6) is 0.578. The third-order valence-electron chi connectivity index (χ3n) is 3.37. The van der Waals surface area contributed by atoms with E-state index in [1.54, 1.807) is 0 Å². The Hall–Kier alpha value is -2.34. The van der Waals surface area contributed by atoms with Crippen molar-refractivity contribution in [3.63, 3.8) is 0 Å². The highest BCUT2D eigenvalue weighted by Gasteiger charge is 2.13. The van der Waals surface area contributed by atoms with Crippen molar-refractivity contribution in [2.45, 2.75) is 6.42 Å². The third-order valence-corrected chi connectivity index (χ3v) is 4.19. The van der Waals surface area contributed by atoms with E-state index < -0.39 is 0 Å². The lowest BCUT2D eigenvalue weighted by atomic mass is 10.1. The molecule has 0 unspecified atom stereocenters. The van der Waals surface area contributed by atoms with Crippen molar-refractivity contribution in [2.75, 3.05) is 17.6 Å². The minimum absolute atomic E-state index is 0.578. The summed E-state index contributed by atoms with van der Waals surface area (Å²) in [5, 5.41) is 8.62. The minimum Gasteiger partial charge on any atom is -0.382 e. The Bertz CT molecular complexity index is 717. The number of rotatable bonds is 5. The summed E-state index contributed by atoms with van der Waals surface area (Å²) in [5.41, 5.74) is 9.29. The quantitative estimate of drug-likeness (QED) is 0.760. The van der Waals surface area contributed by atoms with Crippen molar-refractivity contribution in [1.82, 2.24) is 14.2 Å². The molecule has 5 nitrogen and oxygen atoms in total. The highest BCUT2D eigenvalue weighted by Crippen LogP contribution is 2.36. The number of benzene rings is 1. The van der Waals surface area contributed by atoms with E-state index in [1.807, 2.05) is 54.3 Å². The first-order chi connectivity index (χ1) is 10.3. The van der Waals surface area contributed by atoms with Crippen LogP contribution in [-0.2, 0) is 13.5 Å². The largest absolute Gasteiger partial charge is 0.382 e. The molecule has 0 fully saturated rings. The second-order valence-corrected chi connectivity index (χ2v) is 5.53. The summed E-state index contributed by atoms with van der Waals surface area (Å²) in [4.78, 5) is 0. The monoisotopic (exact) mass is 299 g/mol. The first kappa shape index (κ1) is 13.6. The van der Waals surface area contributed by atoms with Crippen molar-refractivity contribution in [3.05, 3.63) is 48.3 Å². The van der Waals surface area contributed by atoms with Gasteiger partial charge in [0.25, 0.3) is 0 Å². The average molecular weight is 299 g/mol. The molecule has 2 heterocycles. The number of nitrogens with one attached hydrogen (secondary N) is 1. The van der Waals surface area contributed by atoms with Gasteiger partial charge < -0.3 is 11.1 Å². The molecule has 3 aromatic rings. The topological polar surface area (TPSA) is 68.8 Å². The van der Waals surface area contributed by atoms with Crippen molar-refractivity contribution in [3.8, 4) is 11.1 Å². The fourth-order valence-electron chi connectivity index (χ4n) is 2.26. The number of aromatic nitrogens is 3. The van der Waals surface area contributed by atoms with Gasteiger partial charge in [-0.15, -0.1) is 0 Å². The molecule has 0 aliphatic carbocycles. The zero-order valence-corrected chi connectivity index (χ0v) is 12.6. The van der Waals surface area contributed by atoms with Crippen molar-refractivity contribution in [2.24, 2.45) is 7.05 Å². The summed E-state index contributed by atoms with van der Waals surface area (Å²) in [6, 6.07) is 12.1. The first-order valence-corrected chi connectivity index (χ1v) is 7.54. The molecule has 0 spiro atoms. The summed E-state index contributed by atoms with van der Waals surface area (Å²) in [7, 11) is 1.95. The molecular weight excluding hydrogens is 282 g/mol. The van der Waals surface area contributed by atoms with Gasteiger partial charge in [-0.2, -0.15) is 9.47 Å². The molecule has 2 aromatic heterocycles. The van der Waals surface area contributed by atoms with E-state index in [4.69, 9.17) is 5.73 Å². The van der Waals surface area contributed by atoms with E-state index in [0.717, 1.165) is 29.1 Å². The van der Waals surface area contributed by atoms with Gasteiger partial charge >= 0.3 is 0 Å². The molecular formula is C15H17N5S. The summed E-state index contributed by atoms with van der Waals surface area (Å²) >= 11 is 1.40.